The SMILES string of the molecule is CC1(C)CCC2CNC(C3CC3)c3cccc1c32. The Labute approximate surface area is 110 Å². The van der Waals surface area contributed by atoms with Crippen molar-refractivity contribution in [3.05, 3.63) is 34.9 Å². The first-order valence-electron chi connectivity index (χ1n) is 7.53. The molecule has 0 spiro atoms. The molecule has 2 aliphatic carbocycles. The lowest BCUT2D eigenvalue weighted by molar-refractivity contribution is 0.337. The Morgan fingerprint density at radius 1 is 1.17 bits per heavy atom. The molecule has 0 saturated heterocycles. The van der Waals surface area contributed by atoms with E-state index in [1.807, 2.05) is 0 Å². The summed E-state index contributed by atoms with van der Waals surface area (Å²) >= 11 is 0. The molecule has 96 valence electrons. The molecule has 1 saturated carbocycles. The molecule has 2 unspecified atom stereocenters. The topological polar surface area (TPSA) is 12.0 Å². The second-order valence-corrected chi connectivity index (χ2v) is 7.15. The van der Waals surface area contributed by atoms with Gasteiger partial charge in [-0.2, -0.15) is 0 Å². The molecule has 1 heteroatoms. The van der Waals surface area contributed by atoms with E-state index in [9.17, 15) is 0 Å². The van der Waals surface area contributed by atoms with Gasteiger partial charge in [0, 0.05) is 12.6 Å². The Kier molecular flexibility index (Phi) is 2.21. The molecule has 1 nitrogen and oxygen atoms in total. The molecule has 3 aliphatic rings. The average molecular weight is 241 g/mol. The minimum atomic E-state index is 0.382. The van der Waals surface area contributed by atoms with Crippen molar-refractivity contribution in [2.45, 2.75) is 56.9 Å². The maximum Gasteiger partial charge on any atom is 0.0351 e. The number of hydrogen-bond acceptors (Lipinski definition) is 1. The highest BCUT2D eigenvalue weighted by Gasteiger charge is 2.41. The van der Waals surface area contributed by atoms with Gasteiger partial charge >= 0.3 is 0 Å². The monoisotopic (exact) mass is 241 g/mol. The fourth-order valence-electron chi connectivity index (χ4n) is 4.15. The summed E-state index contributed by atoms with van der Waals surface area (Å²) in [5.74, 6) is 1.70. The zero-order valence-corrected chi connectivity index (χ0v) is 11.5. The van der Waals surface area contributed by atoms with Gasteiger partial charge in [-0.3, -0.25) is 0 Å². The molecule has 1 aromatic rings. The third kappa shape index (κ3) is 1.50. The Bertz CT molecular complexity index is 484. The van der Waals surface area contributed by atoms with Crippen LogP contribution in [0.2, 0.25) is 0 Å². The van der Waals surface area contributed by atoms with Crippen molar-refractivity contribution < 1.29 is 0 Å². The predicted molar refractivity (Wildman–Crippen MR) is 74.9 cm³/mol. The number of nitrogens with one attached hydrogen (secondary N) is 1. The van der Waals surface area contributed by atoms with Gasteiger partial charge in [0.05, 0.1) is 0 Å². The smallest absolute Gasteiger partial charge is 0.0351 e. The average Bonchev–Trinajstić information content (AvgIpc) is 3.18. The Morgan fingerprint density at radius 2 is 2.00 bits per heavy atom. The highest BCUT2D eigenvalue weighted by molar-refractivity contribution is 5.47. The fraction of sp³-hybridized carbons (Fsp3) is 0.647. The molecular weight excluding hydrogens is 218 g/mol. The first-order valence-corrected chi connectivity index (χ1v) is 7.53. The lowest BCUT2D eigenvalue weighted by Gasteiger charge is -2.43. The first kappa shape index (κ1) is 11.0. The Balaban J connectivity index is 1.89. The fourth-order valence-corrected chi connectivity index (χ4v) is 4.15. The van der Waals surface area contributed by atoms with E-state index in [0.29, 0.717) is 11.5 Å². The van der Waals surface area contributed by atoms with Gasteiger partial charge in [-0.25, -0.2) is 0 Å². The van der Waals surface area contributed by atoms with Crippen molar-refractivity contribution >= 4 is 0 Å². The minimum absolute atomic E-state index is 0.382. The van der Waals surface area contributed by atoms with Crippen molar-refractivity contribution in [3.63, 3.8) is 0 Å². The van der Waals surface area contributed by atoms with E-state index >= 15 is 0 Å². The Hall–Kier alpha value is -0.820. The van der Waals surface area contributed by atoms with Crippen LogP contribution in [0, 0.1) is 5.92 Å². The molecule has 1 aliphatic heterocycles. The zero-order chi connectivity index (χ0) is 12.3. The maximum absolute atomic E-state index is 3.83. The molecule has 1 fully saturated rings. The van der Waals surface area contributed by atoms with Crippen LogP contribution in [0.3, 0.4) is 0 Å². The van der Waals surface area contributed by atoms with Crippen LogP contribution < -0.4 is 5.32 Å². The van der Waals surface area contributed by atoms with Crippen LogP contribution in [-0.4, -0.2) is 6.54 Å². The van der Waals surface area contributed by atoms with Gasteiger partial charge in [0.1, 0.15) is 0 Å². The molecule has 0 aromatic heterocycles. The lowest BCUT2D eigenvalue weighted by atomic mass is 9.65. The van der Waals surface area contributed by atoms with Crippen LogP contribution in [0.15, 0.2) is 18.2 Å². The van der Waals surface area contributed by atoms with Crippen LogP contribution in [0.5, 0.6) is 0 Å². The summed E-state index contributed by atoms with van der Waals surface area (Å²) in [4.78, 5) is 0. The third-order valence-electron chi connectivity index (χ3n) is 5.41. The van der Waals surface area contributed by atoms with E-state index in [0.717, 1.165) is 11.8 Å². The summed E-state index contributed by atoms with van der Waals surface area (Å²) in [5.41, 5.74) is 5.39. The molecule has 0 radical (unpaired) electrons. The van der Waals surface area contributed by atoms with Gasteiger partial charge in [0.25, 0.3) is 0 Å². The van der Waals surface area contributed by atoms with Crippen molar-refractivity contribution in [2.24, 2.45) is 5.92 Å². The van der Waals surface area contributed by atoms with Crippen molar-refractivity contribution in [2.75, 3.05) is 6.54 Å². The number of benzene rings is 1. The van der Waals surface area contributed by atoms with Gasteiger partial charge in [-0.1, -0.05) is 32.0 Å². The lowest BCUT2D eigenvalue weighted by Crippen LogP contribution is -2.39. The van der Waals surface area contributed by atoms with E-state index in [1.54, 1.807) is 16.7 Å². The quantitative estimate of drug-likeness (QED) is 0.786. The molecule has 0 amide bonds. The van der Waals surface area contributed by atoms with Crippen molar-refractivity contribution in [1.29, 1.82) is 0 Å². The standard InChI is InChI=1S/C17H23N/c1-17(2)9-8-12-10-18-16(11-6-7-11)13-4-3-5-14(17)15(12)13/h3-5,11-12,16,18H,6-10H2,1-2H3. The number of rotatable bonds is 1. The van der Waals surface area contributed by atoms with Crippen molar-refractivity contribution in [3.8, 4) is 0 Å². The predicted octanol–water partition coefficient (Wildman–Crippen LogP) is 3.90. The number of hydrogen-bond donors (Lipinski definition) is 1. The Morgan fingerprint density at radius 3 is 2.78 bits per heavy atom. The normalized spacial score (nSPS) is 33.0. The summed E-state index contributed by atoms with van der Waals surface area (Å²) in [5, 5.41) is 3.83. The van der Waals surface area contributed by atoms with Crippen LogP contribution >= 0.6 is 0 Å². The minimum Gasteiger partial charge on any atom is -0.309 e. The van der Waals surface area contributed by atoms with Gasteiger partial charge in [-0.15, -0.1) is 0 Å². The highest BCUT2D eigenvalue weighted by Crippen LogP contribution is 2.51. The maximum atomic E-state index is 3.83. The summed E-state index contributed by atoms with van der Waals surface area (Å²) in [7, 11) is 0. The van der Waals surface area contributed by atoms with Crippen LogP contribution in [0.25, 0.3) is 0 Å². The first-order chi connectivity index (χ1) is 8.67. The molecule has 4 rings (SSSR count). The summed E-state index contributed by atoms with van der Waals surface area (Å²) < 4.78 is 0. The molecular formula is C17H23N. The van der Waals surface area contributed by atoms with Gasteiger partial charge in [0.2, 0.25) is 0 Å². The van der Waals surface area contributed by atoms with Gasteiger partial charge in [0.15, 0.2) is 0 Å². The van der Waals surface area contributed by atoms with Crippen LogP contribution in [0.1, 0.15) is 68.2 Å². The zero-order valence-electron chi connectivity index (χ0n) is 11.5. The second kappa shape index (κ2) is 3.60. The van der Waals surface area contributed by atoms with Gasteiger partial charge < -0.3 is 5.32 Å². The molecule has 1 heterocycles. The van der Waals surface area contributed by atoms with E-state index in [1.165, 1.54) is 32.2 Å². The van der Waals surface area contributed by atoms with E-state index in [2.05, 4.69) is 37.4 Å². The van der Waals surface area contributed by atoms with Crippen LogP contribution in [-0.2, 0) is 5.41 Å². The largest absolute Gasteiger partial charge is 0.309 e. The van der Waals surface area contributed by atoms with Crippen LogP contribution in [0.4, 0.5) is 0 Å². The van der Waals surface area contributed by atoms with Crippen molar-refractivity contribution in [1.82, 2.24) is 5.32 Å². The molecule has 2 atom stereocenters. The molecule has 18 heavy (non-hydrogen) atoms. The highest BCUT2D eigenvalue weighted by atomic mass is 14.9. The summed E-state index contributed by atoms with van der Waals surface area (Å²) in [6, 6.07) is 7.73. The van der Waals surface area contributed by atoms with Gasteiger partial charge in [-0.05, 0) is 59.6 Å². The second-order valence-electron chi connectivity index (χ2n) is 7.15. The molecule has 1 aromatic carbocycles. The third-order valence-corrected chi connectivity index (χ3v) is 5.41. The molecule has 1 N–H and O–H groups in total. The van der Waals surface area contributed by atoms with E-state index in [4.69, 9.17) is 0 Å². The van der Waals surface area contributed by atoms with E-state index in [-0.39, 0.29) is 0 Å². The van der Waals surface area contributed by atoms with E-state index < -0.39 is 0 Å². The summed E-state index contributed by atoms with van der Waals surface area (Å²) in [6.45, 7) is 6.06. The summed E-state index contributed by atoms with van der Waals surface area (Å²) in [6.07, 6.45) is 5.55. The molecule has 0 bridgehead atoms.